The highest BCUT2D eigenvalue weighted by Crippen LogP contribution is 2.22. The van der Waals surface area contributed by atoms with Crippen molar-refractivity contribution in [1.82, 2.24) is 10.3 Å². The zero-order chi connectivity index (χ0) is 18.4. The molecule has 1 fully saturated rings. The molecule has 0 spiro atoms. The number of methoxy groups -OCH3 is 1. The molecule has 1 saturated heterocycles. The number of hydrazone groups is 1. The van der Waals surface area contributed by atoms with Gasteiger partial charge in [0.1, 0.15) is 17.6 Å². The summed E-state index contributed by atoms with van der Waals surface area (Å²) in [6.45, 7) is 1.42. The van der Waals surface area contributed by atoms with Crippen molar-refractivity contribution in [2.75, 3.05) is 20.2 Å². The van der Waals surface area contributed by atoms with Crippen LogP contribution in [0, 0.1) is 0 Å². The van der Waals surface area contributed by atoms with Crippen LogP contribution in [0.25, 0.3) is 0 Å². The first-order chi connectivity index (χ1) is 12.6. The zero-order valence-corrected chi connectivity index (χ0v) is 15.1. The molecule has 7 heteroatoms. The molecule has 2 heterocycles. The smallest absolute Gasteiger partial charge is 0.240 e. The quantitative estimate of drug-likeness (QED) is 0.844. The average Bonchev–Trinajstić information content (AvgIpc) is 2.68. The molecule has 140 valence electrons. The van der Waals surface area contributed by atoms with E-state index in [0.717, 1.165) is 30.1 Å². The summed E-state index contributed by atoms with van der Waals surface area (Å²) in [5, 5.41) is 4.02. The number of nitrogens with one attached hydrogen (secondary N) is 1. The van der Waals surface area contributed by atoms with E-state index in [1.807, 2.05) is 29.2 Å². The lowest BCUT2D eigenvalue weighted by molar-refractivity contribution is -0.132. The van der Waals surface area contributed by atoms with Gasteiger partial charge in [0, 0.05) is 44.5 Å². The number of rotatable bonds is 6. The SMILES string of the molecule is COc1ccc(OC2CCN(C(=O)CCC3=NNC(=O)CC3)CC2)cc1. The highest BCUT2D eigenvalue weighted by atomic mass is 16.5. The molecule has 7 nitrogen and oxygen atoms in total. The van der Waals surface area contributed by atoms with Gasteiger partial charge in [-0.3, -0.25) is 9.59 Å². The second-order valence-corrected chi connectivity index (χ2v) is 6.59. The van der Waals surface area contributed by atoms with E-state index in [2.05, 4.69) is 10.5 Å². The van der Waals surface area contributed by atoms with Crippen LogP contribution in [-0.2, 0) is 9.59 Å². The van der Waals surface area contributed by atoms with Crippen LogP contribution in [-0.4, -0.2) is 48.7 Å². The summed E-state index contributed by atoms with van der Waals surface area (Å²) < 4.78 is 11.1. The Hall–Kier alpha value is -2.57. The van der Waals surface area contributed by atoms with Crippen molar-refractivity contribution in [2.45, 2.75) is 44.6 Å². The van der Waals surface area contributed by atoms with Crippen LogP contribution in [0.3, 0.4) is 0 Å². The van der Waals surface area contributed by atoms with Gasteiger partial charge in [-0.1, -0.05) is 0 Å². The number of benzene rings is 1. The van der Waals surface area contributed by atoms with Crippen molar-refractivity contribution >= 4 is 17.5 Å². The van der Waals surface area contributed by atoms with Gasteiger partial charge in [0.25, 0.3) is 0 Å². The van der Waals surface area contributed by atoms with Gasteiger partial charge in [0.05, 0.1) is 7.11 Å². The van der Waals surface area contributed by atoms with Gasteiger partial charge in [-0.25, -0.2) is 5.43 Å². The third-order valence-corrected chi connectivity index (χ3v) is 4.76. The molecular weight excluding hydrogens is 334 g/mol. The Morgan fingerprint density at radius 1 is 1.19 bits per heavy atom. The second-order valence-electron chi connectivity index (χ2n) is 6.59. The minimum absolute atomic E-state index is 0.0565. The molecule has 1 N–H and O–H groups in total. The largest absolute Gasteiger partial charge is 0.497 e. The van der Waals surface area contributed by atoms with Gasteiger partial charge in [-0.15, -0.1) is 0 Å². The summed E-state index contributed by atoms with van der Waals surface area (Å²) >= 11 is 0. The molecule has 2 aliphatic heterocycles. The fourth-order valence-corrected chi connectivity index (χ4v) is 3.17. The van der Waals surface area contributed by atoms with E-state index in [0.29, 0.717) is 38.8 Å². The topological polar surface area (TPSA) is 80.2 Å². The molecule has 0 aliphatic carbocycles. The molecule has 0 atom stereocenters. The maximum Gasteiger partial charge on any atom is 0.240 e. The lowest BCUT2D eigenvalue weighted by Gasteiger charge is -2.32. The second kappa shape index (κ2) is 8.69. The van der Waals surface area contributed by atoms with E-state index >= 15 is 0 Å². The molecule has 1 aromatic carbocycles. The van der Waals surface area contributed by atoms with E-state index < -0.39 is 0 Å². The van der Waals surface area contributed by atoms with E-state index in [1.165, 1.54) is 0 Å². The number of hydrogen-bond acceptors (Lipinski definition) is 5. The normalized spacial score (nSPS) is 18.1. The maximum absolute atomic E-state index is 12.4. The Labute approximate surface area is 153 Å². The predicted octanol–water partition coefficient (Wildman–Crippen LogP) is 2.11. The van der Waals surface area contributed by atoms with Crippen molar-refractivity contribution in [1.29, 1.82) is 0 Å². The van der Waals surface area contributed by atoms with Crippen LogP contribution in [0.5, 0.6) is 11.5 Å². The molecule has 26 heavy (non-hydrogen) atoms. The van der Waals surface area contributed by atoms with Gasteiger partial charge in [0.2, 0.25) is 11.8 Å². The summed E-state index contributed by atoms with van der Waals surface area (Å²) in [6, 6.07) is 7.56. The first-order valence-corrected chi connectivity index (χ1v) is 9.07. The summed E-state index contributed by atoms with van der Waals surface area (Å²) in [4.78, 5) is 25.3. The van der Waals surface area contributed by atoms with Gasteiger partial charge in [-0.05, 0) is 37.1 Å². The van der Waals surface area contributed by atoms with E-state index in [-0.39, 0.29) is 17.9 Å². The predicted molar refractivity (Wildman–Crippen MR) is 97.3 cm³/mol. The number of hydrogen-bond donors (Lipinski definition) is 1. The molecule has 0 unspecified atom stereocenters. The third kappa shape index (κ3) is 4.97. The van der Waals surface area contributed by atoms with Crippen LogP contribution in [0.1, 0.15) is 38.5 Å². The lowest BCUT2D eigenvalue weighted by atomic mass is 10.0. The molecule has 1 aromatic rings. The molecule has 0 aromatic heterocycles. The molecule has 0 bridgehead atoms. The summed E-state index contributed by atoms with van der Waals surface area (Å²) in [5.74, 6) is 1.72. The Kier molecular flexibility index (Phi) is 6.09. The number of piperidine rings is 1. The molecule has 3 rings (SSSR count). The fourth-order valence-electron chi connectivity index (χ4n) is 3.17. The van der Waals surface area contributed by atoms with Crippen LogP contribution in [0.2, 0.25) is 0 Å². The number of carbonyl (C=O) groups is 2. The number of carbonyl (C=O) groups excluding carboxylic acids is 2. The molecule has 0 saturated carbocycles. The highest BCUT2D eigenvalue weighted by Gasteiger charge is 2.24. The monoisotopic (exact) mass is 359 g/mol. The van der Waals surface area contributed by atoms with Gasteiger partial charge in [-0.2, -0.15) is 5.10 Å². The lowest BCUT2D eigenvalue weighted by Crippen LogP contribution is -2.42. The molecular formula is C19H25N3O4. The molecule has 2 amide bonds. The summed E-state index contributed by atoms with van der Waals surface area (Å²) in [5.41, 5.74) is 3.37. The number of nitrogens with zero attached hydrogens (tertiary/aromatic N) is 2. The first kappa shape index (κ1) is 18.2. The number of ether oxygens (including phenoxy) is 2. The Balaban J connectivity index is 1.39. The fraction of sp³-hybridized carbons (Fsp3) is 0.526. The Morgan fingerprint density at radius 2 is 1.88 bits per heavy atom. The third-order valence-electron chi connectivity index (χ3n) is 4.76. The molecule has 0 radical (unpaired) electrons. The van der Waals surface area contributed by atoms with Crippen molar-refractivity contribution < 1.29 is 19.1 Å². The molecule has 2 aliphatic rings. The average molecular weight is 359 g/mol. The standard InChI is InChI=1S/C19H25N3O4/c1-25-15-4-6-16(7-5-15)26-17-10-12-22(13-11-17)19(24)9-3-14-2-8-18(23)21-20-14/h4-7,17H,2-3,8-13H2,1H3,(H,21,23). The van der Waals surface area contributed by atoms with Crippen LogP contribution >= 0.6 is 0 Å². The van der Waals surface area contributed by atoms with E-state index in [9.17, 15) is 9.59 Å². The van der Waals surface area contributed by atoms with E-state index in [1.54, 1.807) is 7.11 Å². The summed E-state index contributed by atoms with van der Waals surface area (Å²) in [6.07, 6.45) is 3.95. The van der Waals surface area contributed by atoms with Gasteiger partial charge < -0.3 is 14.4 Å². The number of likely N-dealkylation sites (tertiary alicyclic amines) is 1. The van der Waals surface area contributed by atoms with E-state index in [4.69, 9.17) is 9.47 Å². The first-order valence-electron chi connectivity index (χ1n) is 9.07. The maximum atomic E-state index is 12.4. The van der Waals surface area contributed by atoms with Crippen LogP contribution < -0.4 is 14.9 Å². The van der Waals surface area contributed by atoms with Crippen LogP contribution in [0.15, 0.2) is 29.4 Å². The summed E-state index contributed by atoms with van der Waals surface area (Å²) in [7, 11) is 1.64. The minimum Gasteiger partial charge on any atom is -0.497 e. The van der Waals surface area contributed by atoms with Crippen molar-refractivity contribution in [3.63, 3.8) is 0 Å². The zero-order valence-electron chi connectivity index (χ0n) is 15.1. The highest BCUT2D eigenvalue weighted by molar-refractivity contribution is 5.94. The Bertz CT molecular complexity index is 664. The van der Waals surface area contributed by atoms with Gasteiger partial charge >= 0.3 is 0 Å². The Morgan fingerprint density at radius 3 is 2.50 bits per heavy atom. The van der Waals surface area contributed by atoms with Crippen molar-refractivity contribution in [3.8, 4) is 11.5 Å². The van der Waals surface area contributed by atoms with Gasteiger partial charge in [0.15, 0.2) is 0 Å². The minimum atomic E-state index is -0.0565. The number of amides is 2. The van der Waals surface area contributed by atoms with Crippen LogP contribution in [0.4, 0.5) is 0 Å². The van der Waals surface area contributed by atoms with Crippen molar-refractivity contribution in [2.24, 2.45) is 5.10 Å². The van der Waals surface area contributed by atoms with Crippen molar-refractivity contribution in [3.05, 3.63) is 24.3 Å².